The number of rotatable bonds is 6. The van der Waals surface area contributed by atoms with Crippen molar-refractivity contribution in [3.8, 4) is 0 Å². The lowest BCUT2D eigenvalue weighted by atomic mass is 10.1. The van der Waals surface area contributed by atoms with Crippen LogP contribution in [0.4, 0.5) is 0 Å². The van der Waals surface area contributed by atoms with Gasteiger partial charge in [0, 0.05) is 11.8 Å². The highest BCUT2D eigenvalue weighted by molar-refractivity contribution is 7.99. The third-order valence-corrected chi connectivity index (χ3v) is 4.18. The van der Waals surface area contributed by atoms with E-state index < -0.39 is 0 Å². The maximum atomic E-state index is 11.8. The lowest BCUT2D eigenvalue weighted by Gasteiger charge is -2.17. The molecule has 1 amide bonds. The number of hydrogen-bond donors (Lipinski definition) is 1. The van der Waals surface area contributed by atoms with E-state index in [-0.39, 0.29) is 11.9 Å². The Morgan fingerprint density at radius 2 is 1.74 bits per heavy atom. The van der Waals surface area contributed by atoms with Crippen LogP contribution in [0, 0.1) is 19.8 Å². The third kappa shape index (κ3) is 6.15. The normalized spacial score (nSPS) is 12.5. The molecule has 1 aromatic carbocycles. The fourth-order valence-electron chi connectivity index (χ4n) is 1.88. The molecular weight excluding hydrogens is 254 g/mol. The van der Waals surface area contributed by atoms with Gasteiger partial charge in [-0.2, -0.15) is 0 Å². The molecule has 0 saturated heterocycles. The standard InChI is InChI=1S/C16H25NOS/c1-11(2)14(5)17-16(18)10-19-9-15-7-12(3)6-13(4)8-15/h6-8,11,14H,9-10H2,1-5H3,(H,17,18). The highest BCUT2D eigenvalue weighted by Crippen LogP contribution is 2.15. The van der Waals surface area contributed by atoms with Crippen LogP contribution in [0.5, 0.6) is 0 Å². The summed E-state index contributed by atoms with van der Waals surface area (Å²) in [5.41, 5.74) is 3.87. The predicted molar refractivity (Wildman–Crippen MR) is 84.5 cm³/mol. The molecule has 106 valence electrons. The summed E-state index contributed by atoms with van der Waals surface area (Å²) < 4.78 is 0. The number of thioether (sulfide) groups is 1. The van der Waals surface area contributed by atoms with Gasteiger partial charge in [0.2, 0.25) is 5.91 Å². The molecule has 1 rings (SSSR count). The van der Waals surface area contributed by atoms with E-state index >= 15 is 0 Å². The maximum absolute atomic E-state index is 11.8. The molecule has 0 saturated carbocycles. The van der Waals surface area contributed by atoms with E-state index in [1.165, 1.54) is 16.7 Å². The van der Waals surface area contributed by atoms with Crippen molar-refractivity contribution in [2.75, 3.05) is 5.75 Å². The van der Waals surface area contributed by atoms with Crippen molar-refractivity contribution in [2.45, 2.75) is 46.4 Å². The van der Waals surface area contributed by atoms with Gasteiger partial charge in [-0.3, -0.25) is 4.79 Å². The van der Waals surface area contributed by atoms with E-state index in [2.05, 4.69) is 58.1 Å². The van der Waals surface area contributed by atoms with Crippen molar-refractivity contribution in [1.82, 2.24) is 5.32 Å². The lowest BCUT2D eigenvalue weighted by molar-refractivity contribution is -0.119. The topological polar surface area (TPSA) is 29.1 Å². The molecule has 2 nitrogen and oxygen atoms in total. The zero-order valence-corrected chi connectivity index (χ0v) is 13.4. The summed E-state index contributed by atoms with van der Waals surface area (Å²) in [7, 11) is 0. The van der Waals surface area contributed by atoms with Crippen molar-refractivity contribution < 1.29 is 4.79 Å². The summed E-state index contributed by atoms with van der Waals surface area (Å²) in [4.78, 5) is 11.8. The Hall–Kier alpha value is -0.960. The van der Waals surface area contributed by atoms with Crippen LogP contribution in [0.3, 0.4) is 0 Å². The molecule has 0 spiro atoms. The Morgan fingerprint density at radius 3 is 2.26 bits per heavy atom. The van der Waals surface area contributed by atoms with Crippen LogP contribution in [-0.4, -0.2) is 17.7 Å². The van der Waals surface area contributed by atoms with Crippen LogP contribution in [0.2, 0.25) is 0 Å². The Morgan fingerprint density at radius 1 is 1.16 bits per heavy atom. The summed E-state index contributed by atoms with van der Waals surface area (Å²) in [6.45, 7) is 10.5. The Kier molecular flexibility index (Phi) is 6.43. The van der Waals surface area contributed by atoms with Gasteiger partial charge in [0.15, 0.2) is 0 Å². The second-order valence-corrected chi connectivity index (χ2v) is 6.57. The molecule has 0 heterocycles. The number of benzene rings is 1. The van der Waals surface area contributed by atoms with E-state index in [1.807, 2.05) is 0 Å². The number of carbonyl (C=O) groups excluding carboxylic acids is 1. The fraction of sp³-hybridized carbons (Fsp3) is 0.562. The van der Waals surface area contributed by atoms with Crippen molar-refractivity contribution in [3.05, 3.63) is 34.9 Å². The number of amides is 1. The molecule has 1 unspecified atom stereocenters. The first-order valence-electron chi connectivity index (χ1n) is 6.82. The largest absolute Gasteiger partial charge is 0.353 e. The summed E-state index contributed by atoms with van der Waals surface area (Å²) >= 11 is 1.67. The van der Waals surface area contributed by atoms with Crippen LogP contribution < -0.4 is 5.32 Å². The molecule has 0 radical (unpaired) electrons. The number of hydrogen-bond acceptors (Lipinski definition) is 2. The van der Waals surface area contributed by atoms with Gasteiger partial charge in [0.25, 0.3) is 0 Å². The number of carbonyl (C=O) groups is 1. The van der Waals surface area contributed by atoms with Gasteiger partial charge in [-0.05, 0) is 32.3 Å². The summed E-state index contributed by atoms with van der Waals surface area (Å²) in [5.74, 6) is 2.04. The Bertz CT molecular complexity index is 409. The highest BCUT2D eigenvalue weighted by Gasteiger charge is 2.10. The Balaban J connectivity index is 2.35. The van der Waals surface area contributed by atoms with E-state index in [1.54, 1.807) is 11.8 Å². The molecule has 19 heavy (non-hydrogen) atoms. The Labute approximate surface area is 121 Å². The molecule has 1 N–H and O–H groups in total. The summed E-state index contributed by atoms with van der Waals surface area (Å²) in [6, 6.07) is 6.79. The van der Waals surface area contributed by atoms with Crippen LogP contribution in [0.15, 0.2) is 18.2 Å². The average Bonchev–Trinajstić information content (AvgIpc) is 2.27. The molecular formula is C16H25NOS. The molecule has 3 heteroatoms. The van der Waals surface area contributed by atoms with E-state index in [4.69, 9.17) is 0 Å². The second-order valence-electron chi connectivity index (χ2n) is 5.59. The molecule has 0 fully saturated rings. The second kappa shape index (κ2) is 7.59. The third-order valence-electron chi connectivity index (χ3n) is 3.17. The highest BCUT2D eigenvalue weighted by atomic mass is 32.2. The minimum atomic E-state index is 0.135. The number of aryl methyl sites for hydroxylation is 2. The first-order chi connectivity index (χ1) is 8.88. The van der Waals surface area contributed by atoms with Gasteiger partial charge in [0.1, 0.15) is 0 Å². The first kappa shape index (κ1) is 16.1. The molecule has 0 aromatic heterocycles. The van der Waals surface area contributed by atoms with Crippen molar-refractivity contribution in [3.63, 3.8) is 0 Å². The summed E-state index contributed by atoms with van der Waals surface area (Å²) in [5, 5.41) is 3.03. The van der Waals surface area contributed by atoms with Crippen molar-refractivity contribution in [1.29, 1.82) is 0 Å². The molecule has 0 bridgehead atoms. The minimum Gasteiger partial charge on any atom is -0.353 e. The zero-order valence-electron chi connectivity index (χ0n) is 12.6. The minimum absolute atomic E-state index is 0.135. The molecule has 1 aromatic rings. The van der Waals surface area contributed by atoms with Crippen LogP contribution in [0.25, 0.3) is 0 Å². The predicted octanol–water partition coefficient (Wildman–Crippen LogP) is 3.70. The molecule has 0 aliphatic rings. The molecule has 1 atom stereocenters. The smallest absolute Gasteiger partial charge is 0.230 e. The van der Waals surface area contributed by atoms with Gasteiger partial charge < -0.3 is 5.32 Å². The van der Waals surface area contributed by atoms with Crippen molar-refractivity contribution >= 4 is 17.7 Å². The van der Waals surface area contributed by atoms with Crippen LogP contribution in [-0.2, 0) is 10.5 Å². The van der Waals surface area contributed by atoms with Gasteiger partial charge in [-0.15, -0.1) is 11.8 Å². The SMILES string of the molecule is Cc1cc(C)cc(CSCC(=O)NC(C)C(C)C)c1. The molecule has 0 aliphatic heterocycles. The average molecular weight is 279 g/mol. The molecule has 0 aliphatic carbocycles. The van der Waals surface area contributed by atoms with E-state index in [0.29, 0.717) is 11.7 Å². The van der Waals surface area contributed by atoms with Gasteiger partial charge in [-0.25, -0.2) is 0 Å². The van der Waals surface area contributed by atoms with E-state index in [0.717, 1.165) is 5.75 Å². The van der Waals surface area contributed by atoms with Gasteiger partial charge in [0.05, 0.1) is 5.75 Å². The van der Waals surface area contributed by atoms with Gasteiger partial charge >= 0.3 is 0 Å². The van der Waals surface area contributed by atoms with Crippen molar-refractivity contribution in [2.24, 2.45) is 5.92 Å². The quantitative estimate of drug-likeness (QED) is 0.860. The first-order valence-corrected chi connectivity index (χ1v) is 7.98. The lowest BCUT2D eigenvalue weighted by Crippen LogP contribution is -2.37. The number of nitrogens with one attached hydrogen (secondary N) is 1. The van der Waals surface area contributed by atoms with Gasteiger partial charge in [-0.1, -0.05) is 43.2 Å². The summed E-state index contributed by atoms with van der Waals surface area (Å²) in [6.07, 6.45) is 0. The maximum Gasteiger partial charge on any atom is 0.230 e. The monoisotopic (exact) mass is 279 g/mol. The fourth-order valence-corrected chi connectivity index (χ4v) is 2.65. The zero-order chi connectivity index (χ0) is 14.4. The van der Waals surface area contributed by atoms with Crippen LogP contribution in [0.1, 0.15) is 37.5 Å². The van der Waals surface area contributed by atoms with Crippen LogP contribution >= 0.6 is 11.8 Å². The van der Waals surface area contributed by atoms with E-state index in [9.17, 15) is 4.79 Å².